The quantitative estimate of drug-likeness (QED) is 0.900. The van der Waals surface area contributed by atoms with E-state index in [9.17, 15) is 9.59 Å². The molecule has 1 amide bonds. The first-order chi connectivity index (χ1) is 8.40. The number of carbonyl (C=O) groups excluding carboxylic acids is 1. The number of carbonyl (C=O) groups is 2. The third-order valence-corrected chi connectivity index (χ3v) is 3.25. The Morgan fingerprint density at radius 2 is 2.06 bits per heavy atom. The Morgan fingerprint density at radius 3 is 2.61 bits per heavy atom. The van der Waals surface area contributed by atoms with Crippen LogP contribution in [0, 0.1) is 0 Å². The minimum absolute atomic E-state index is 0.0000194. The van der Waals surface area contributed by atoms with Crippen LogP contribution in [-0.2, 0) is 16.1 Å². The number of nitrogens with zero attached hydrogens (tertiary/aromatic N) is 1. The van der Waals surface area contributed by atoms with Crippen molar-refractivity contribution in [1.82, 2.24) is 4.90 Å². The predicted molar refractivity (Wildman–Crippen MR) is 72.5 cm³/mol. The van der Waals surface area contributed by atoms with Crippen molar-refractivity contribution in [2.75, 3.05) is 7.05 Å². The molecule has 0 bridgehead atoms. The topological polar surface area (TPSA) is 57.6 Å². The van der Waals surface area contributed by atoms with Gasteiger partial charge in [-0.3, -0.25) is 9.59 Å². The smallest absolute Gasteiger partial charge is 0.303 e. The van der Waals surface area contributed by atoms with Gasteiger partial charge in [-0.1, -0.05) is 33.6 Å². The van der Waals surface area contributed by atoms with E-state index in [2.05, 4.69) is 15.9 Å². The van der Waals surface area contributed by atoms with Gasteiger partial charge in [-0.25, -0.2) is 0 Å². The SMILES string of the molecule is CN(Cc1ccc(Br)cc1Cl)C(=O)CCC(=O)O. The Hall–Kier alpha value is -1.07. The molecule has 6 heteroatoms. The van der Waals surface area contributed by atoms with Gasteiger partial charge in [0.2, 0.25) is 5.91 Å². The maximum atomic E-state index is 11.6. The first-order valence-corrected chi connectivity index (χ1v) is 6.47. The van der Waals surface area contributed by atoms with E-state index in [1.807, 2.05) is 12.1 Å². The molecule has 1 aromatic rings. The lowest BCUT2D eigenvalue weighted by atomic mass is 10.2. The number of rotatable bonds is 5. The average Bonchev–Trinajstić information content (AvgIpc) is 2.29. The lowest BCUT2D eigenvalue weighted by molar-refractivity contribution is -0.140. The van der Waals surface area contributed by atoms with Gasteiger partial charge in [0.1, 0.15) is 0 Å². The van der Waals surface area contributed by atoms with Crippen LogP contribution in [0.15, 0.2) is 22.7 Å². The molecular formula is C12H13BrClNO3. The minimum Gasteiger partial charge on any atom is -0.481 e. The second-order valence-corrected chi connectivity index (χ2v) is 5.20. The summed E-state index contributed by atoms with van der Waals surface area (Å²) in [5, 5.41) is 9.08. The molecule has 0 unspecified atom stereocenters. The van der Waals surface area contributed by atoms with Gasteiger partial charge < -0.3 is 10.0 Å². The highest BCUT2D eigenvalue weighted by molar-refractivity contribution is 9.10. The van der Waals surface area contributed by atoms with Gasteiger partial charge in [0, 0.05) is 29.5 Å². The number of carboxylic acid groups (broad SMARTS) is 1. The van der Waals surface area contributed by atoms with Crippen molar-refractivity contribution in [2.45, 2.75) is 19.4 Å². The predicted octanol–water partition coefficient (Wildman–Crippen LogP) is 2.93. The zero-order chi connectivity index (χ0) is 13.7. The van der Waals surface area contributed by atoms with Crippen molar-refractivity contribution in [3.8, 4) is 0 Å². The summed E-state index contributed by atoms with van der Waals surface area (Å²) in [7, 11) is 1.63. The third kappa shape index (κ3) is 4.66. The molecule has 0 spiro atoms. The molecule has 0 saturated carbocycles. The van der Waals surface area contributed by atoms with Crippen LogP contribution < -0.4 is 0 Å². The normalized spacial score (nSPS) is 10.2. The summed E-state index contributed by atoms with van der Waals surface area (Å²) < 4.78 is 0.871. The zero-order valence-corrected chi connectivity index (χ0v) is 12.2. The Labute approximate surface area is 119 Å². The van der Waals surface area contributed by atoms with Crippen LogP contribution in [0.2, 0.25) is 5.02 Å². The molecule has 0 aromatic heterocycles. The van der Waals surface area contributed by atoms with Gasteiger partial charge in [-0.15, -0.1) is 0 Å². The van der Waals surface area contributed by atoms with Crippen LogP contribution in [0.5, 0.6) is 0 Å². The Kier molecular flexibility index (Phi) is 5.62. The van der Waals surface area contributed by atoms with Gasteiger partial charge in [0.05, 0.1) is 6.42 Å². The van der Waals surface area contributed by atoms with Crippen molar-refractivity contribution < 1.29 is 14.7 Å². The molecule has 1 rings (SSSR count). The first-order valence-electron chi connectivity index (χ1n) is 5.30. The van der Waals surface area contributed by atoms with E-state index in [0.717, 1.165) is 10.0 Å². The van der Waals surface area contributed by atoms with Crippen LogP contribution in [0.25, 0.3) is 0 Å². The lowest BCUT2D eigenvalue weighted by Crippen LogP contribution is -2.26. The number of benzene rings is 1. The molecule has 4 nitrogen and oxygen atoms in total. The first kappa shape index (κ1) is 15.0. The number of halogens is 2. The monoisotopic (exact) mass is 333 g/mol. The van der Waals surface area contributed by atoms with E-state index < -0.39 is 5.97 Å². The number of amides is 1. The number of carboxylic acids is 1. The summed E-state index contributed by atoms with van der Waals surface area (Å²) in [4.78, 5) is 23.5. The van der Waals surface area contributed by atoms with Gasteiger partial charge in [-0.2, -0.15) is 0 Å². The maximum absolute atomic E-state index is 11.6. The van der Waals surface area contributed by atoms with Crippen LogP contribution >= 0.6 is 27.5 Å². The van der Waals surface area contributed by atoms with Crippen molar-refractivity contribution in [1.29, 1.82) is 0 Å². The summed E-state index contributed by atoms with van der Waals surface area (Å²) in [5.74, 6) is -1.19. The van der Waals surface area contributed by atoms with Crippen LogP contribution in [0.4, 0.5) is 0 Å². The molecule has 1 N–H and O–H groups in total. The van der Waals surface area contributed by atoms with E-state index >= 15 is 0 Å². The molecule has 0 aliphatic carbocycles. The fourth-order valence-electron chi connectivity index (χ4n) is 1.40. The van der Waals surface area contributed by atoms with Crippen molar-refractivity contribution in [2.24, 2.45) is 0 Å². The summed E-state index contributed by atoms with van der Waals surface area (Å²) >= 11 is 9.35. The molecule has 1 aromatic carbocycles. The summed E-state index contributed by atoms with van der Waals surface area (Å²) in [6.45, 7) is 0.366. The maximum Gasteiger partial charge on any atom is 0.303 e. The van der Waals surface area contributed by atoms with Gasteiger partial charge in [0.25, 0.3) is 0 Å². The largest absolute Gasteiger partial charge is 0.481 e. The van der Waals surface area contributed by atoms with Gasteiger partial charge in [-0.05, 0) is 17.7 Å². The summed E-state index contributed by atoms with van der Waals surface area (Å²) in [6.07, 6.45) is -0.156. The van der Waals surface area contributed by atoms with Gasteiger partial charge in [0.15, 0.2) is 0 Å². The molecule has 0 radical (unpaired) electrons. The van der Waals surface area contributed by atoms with Crippen LogP contribution in [-0.4, -0.2) is 28.9 Å². The van der Waals surface area contributed by atoms with E-state index in [1.165, 1.54) is 4.90 Å². The highest BCUT2D eigenvalue weighted by atomic mass is 79.9. The Balaban J connectivity index is 2.60. The molecule has 0 aliphatic heterocycles. The summed E-state index contributed by atoms with van der Waals surface area (Å²) in [5.41, 5.74) is 0.825. The van der Waals surface area contributed by atoms with E-state index in [0.29, 0.717) is 11.6 Å². The molecule has 18 heavy (non-hydrogen) atoms. The number of hydrogen-bond donors (Lipinski definition) is 1. The molecule has 98 valence electrons. The van der Waals surface area contributed by atoms with Crippen LogP contribution in [0.3, 0.4) is 0 Å². The molecule has 0 heterocycles. The second-order valence-electron chi connectivity index (χ2n) is 3.88. The highest BCUT2D eigenvalue weighted by Gasteiger charge is 2.12. The average molecular weight is 335 g/mol. The Morgan fingerprint density at radius 1 is 1.39 bits per heavy atom. The number of hydrogen-bond acceptors (Lipinski definition) is 2. The van der Waals surface area contributed by atoms with E-state index in [4.69, 9.17) is 16.7 Å². The lowest BCUT2D eigenvalue weighted by Gasteiger charge is -2.17. The Bertz CT molecular complexity index is 465. The zero-order valence-electron chi connectivity index (χ0n) is 9.82. The molecule has 0 saturated heterocycles. The van der Waals surface area contributed by atoms with Crippen molar-refractivity contribution in [3.63, 3.8) is 0 Å². The third-order valence-electron chi connectivity index (χ3n) is 2.40. The number of aliphatic carboxylic acids is 1. The minimum atomic E-state index is -0.974. The van der Waals surface area contributed by atoms with E-state index in [-0.39, 0.29) is 18.7 Å². The molecule has 0 atom stereocenters. The van der Waals surface area contributed by atoms with Crippen molar-refractivity contribution in [3.05, 3.63) is 33.3 Å². The second kappa shape index (κ2) is 6.75. The van der Waals surface area contributed by atoms with E-state index in [1.54, 1.807) is 13.1 Å². The molecular weight excluding hydrogens is 321 g/mol. The highest BCUT2D eigenvalue weighted by Crippen LogP contribution is 2.22. The standard InChI is InChI=1S/C12H13BrClNO3/c1-15(11(16)4-5-12(17)18)7-8-2-3-9(13)6-10(8)14/h2-3,6H,4-5,7H2,1H3,(H,17,18). The van der Waals surface area contributed by atoms with Crippen LogP contribution in [0.1, 0.15) is 18.4 Å². The van der Waals surface area contributed by atoms with Crippen molar-refractivity contribution >= 4 is 39.4 Å². The van der Waals surface area contributed by atoms with Gasteiger partial charge >= 0.3 is 5.97 Å². The summed E-state index contributed by atoms with van der Waals surface area (Å²) in [6, 6.07) is 5.43. The molecule has 0 aliphatic rings. The fourth-order valence-corrected chi connectivity index (χ4v) is 2.13. The fraction of sp³-hybridized carbons (Fsp3) is 0.333. The molecule has 0 fully saturated rings.